The zero-order valence-corrected chi connectivity index (χ0v) is 10.6. The lowest BCUT2D eigenvalue weighted by molar-refractivity contribution is 0.0696. The lowest BCUT2D eigenvalue weighted by Crippen LogP contribution is -2.40. The Balaban J connectivity index is 1.93. The van der Waals surface area contributed by atoms with Crippen molar-refractivity contribution in [1.29, 1.82) is 0 Å². The molecule has 1 fully saturated rings. The molecule has 4 heteroatoms. The summed E-state index contributed by atoms with van der Waals surface area (Å²) in [5.74, 6) is -0.288. The van der Waals surface area contributed by atoms with Gasteiger partial charge in [0, 0.05) is 6.04 Å². The Morgan fingerprint density at radius 3 is 3.06 bits per heavy atom. The molecule has 1 aromatic carbocycles. The third-order valence-electron chi connectivity index (χ3n) is 3.44. The molecule has 1 N–H and O–H groups in total. The summed E-state index contributed by atoms with van der Waals surface area (Å²) < 4.78 is 5.70. The van der Waals surface area contributed by atoms with Crippen LogP contribution in [0.25, 0.3) is 0 Å². The van der Waals surface area contributed by atoms with Crippen molar-refractivity contribution < 1.29 is 14.6 Å². The highest BCUT2D eigenvalue weighted by atomic mass is 16.5. The van der Waals surface area contributed by atoms with E-state index in [1.54, 1.807) is 24.3 Å². The number of carboxylic acids is 1. The number of nitrogens with zero attached hydrogens (tertiary/aromatic N) is 1. The van der Waals surface area contributed by atoms with Crippen molar-refractivity contribution in [2.45, 2.75) is 25.3 Å². The van der Waals surface area contributed by atoms with Crippen LogP contribution in [0, 0.1) is 0 Å². The van der Waals surface area contributed by atoms with Gasteiger partial charge >= 0.3 is 5.97 Å². The summed E-state index contributed by atoms with van der Waals surface area (Å²) in [6, 6.07) is 7.10. The van der Waals surface area contributed by atoms with Crippen molar-refractivity contribution in [3.05, 3.63) is 29.8 Å². The third-order valence-corrected chi connectivity index (χ3v) is 3.44. The second-order valence-corrected chi connectivity index (χ2v) is 4.77. The maximum atomic E-state index is 10.8. The van der Waals surface area contributed by atoms with Crippen molar-refractivity contribution in [2.24, 2.45) is 0 Å². The molecular formula is C14H19NO3. The molecule has 0 amide bonds. The van der Waals surface area contributed by atoms with Gasteiger partial charge in [-0.25, -0.2) is 4.79 Å². The van der Waals surface area contributed by atoms with E-state index in [0.717, 1.165) is 13.0 Å². The number of ether oxygens (including phenoxy) is 1. The minimum absolute atomic E-state index is 0.268. The molecule has 2 rings (SSSR count). The molecule has 98 valence electrons. The van der Waals surface area contributed by atoms with Gasteiger partial charge in [-0.2, -0.15) is 0 Å². The maximum absolute atomic E-state index is 10.8. The van der Waals surface area contributed by atoms with Gasteiger partial charge in [0.2, 0.25) is 0 Å². The highest BCUT2D eigenvalue weighted by Gasteiger charge is 2.19. The van der Waals surface area contributed by atoms with Crippen molar-refractivity contribution in [2.75, 3.05) is 20.2 Å². The number of hydrogen-bond acceptors (Lipinski definition) is 3. The summed E-state index contributed by atoms with van der Waals surface area (Å²) in [4.78, 5) is 13.2. The predicted octanol–water partition coefficient (Wildman–Crippen LogP) is 2.25. The van der Waals surface area contributed by atoms with E-state index in [1.807, 2.05) is 0 Å². The quantitative estimate of drug-likeness (QED) is 0.889. The average molecular weight is 249 g/mol. The first-order valence-corrected chi connectivity index (χ1v) is 6.33. The van der Waals surface area contributed by atoms with Gasteiger partial charge < -0.3 is 14.7 Å². The molecule has 0 aromatic heterocycles. The zero-order valence-electron chi connectivity index (χ0n) is 10.6. The van der Waals surface area contributed by atoms with Gasteiger partial charge in [0.25, 0.3) is 0 Å². The first-order valence-electron chi connectivity index (χ1n) is 6.33. The molecule has 1 heterocycles. The molecule has 1 aliphatic rings. The SMILES string of the molecule is CN1CCCCC1COc1cccc(C(=O)O)c1. The molecule has 0 radical (unpaired) electrons. The van der Waals surface area contributed by atoms with Crippen LogP contribution in [-0.2, 0) is 0 Å². The number of benzene rings is 1. The second kappa shape index (κ2) is 5.87. The Labute approximate surface area is 107 Å². The summed E-state index contributed by atoms with van der Waals surface area (Å²) in [6.45, 7) is 1.74. The minimum atomic E-state index is -0.921. The molecular weight excluding hydrogens is 230 g/mol. The highest BCUT2D eigenvalue weighted by Crippen LogP contribution is 2.18. The molecule has 1 aliphatic heterocycles. The Hall–Kier alpha value is -1.55. The number of carbonyl (C=O) groups is 1. The average Bonchev–Trinajstić information content (AvgIpc) is 2.38. The second-order valence-electron chi connectivity index (χ2n) is 4.77. The fraction of sp³-hybridized carbons (Fsp3) is 0.500. The molecule has 0 aliphatic carbocycles. The van der Waals surface area contributed by atoms with Crippen LogP contribution in [0.5, 0.6) is 5.75 Å². The molecule has 0 saturated carbocycles. The van der Waals surface area contributed by atoms with Crippen LogP contribution in [0.15, 0.2) is 24.3 Å². The van der Waals surface area contributed by atoms with Crippen LogP contribution in [0.1, 0.15) is 29.6 Å². The van der Waals surface area contributed by atoms with Crippen LogP contribution in [-0.4, -0.2) is 42.2 Å². The number of piperidine rings is 1. The lowest BCUT2D eigenvalue weighted by Gasteiger charge is -2.32. The molecule has 1 unspecified atom stereocenters. The van der Waals surface area contributed by atoms with Crippen molar-refractivity contribution in [1.82, 2.24) is 4.90 Å². The fourth-order valence-corrected chi connectivity index (χ4v) is 2.27. The first-order chi connectivity index (χ1) is 8.66. The van der Waals surface area contributed by atoms with Crippen LogP contribution >= 0.6 is 0 Å². The Bertz CT molecular complexity index is 419. The van der Waals surface area contributed by atoms with E-state index in [4.69, 9.17) is 9.84 Å². The molecule has 0 bridgehead atoms. The minimum Gasteiger partial charge on any atom is -0.492 e. The van der Waals surface area contributed by atoms with Gasteiger partial charge in [-0.3, -0.25) is 0 Å². The van der Waals surface area contributed by atoms with Gasteiger partial charge in [-0.05, 0) is 44.6 Å². The number of rotatable bonds is 4. The van der Waals surface area contributed by atoms with Gasteiger partial charge in [0.15, 0.2) is 0 Å². The maximum Gasteiger partial charge on any atom is 0.335 e. The summed E-state index contributed by atoms with van der Waals surface area (Å²) >= 11 is 0. The van der Waals surface area contributed by atoms with Crippen molar-refractivity contribution in [3.63, 3.8) is 0 Å². The van der Waals surface area contributed by atoms with E-state index in [9.17, 15) is 4.79 Å². The standard InChI is InChI=1S/C14H19NO3/c1-15-8-3-2-6-12(15)10-18-13-7-4-5-11(9-13)14(16)17/h4-5,7,9,12H,2-3,6,8,10H2,1H3,(H,16,17). The van der Waals surface area contributed by atoms with Gasteiger partial charge in [-0.15, -0.1) is 0 Å². The highest BCUT2D eigenvalue weighted by molar-refractivity contribution is 5.87. The molecule has 1 atom stereocenters. The number of aromatic carboxylic acids is 1. The van der Waals surface area contributed by atoms with E-state index >= 15 is 0 Å². The normalized spacial score (nSPS) is 20.6. The molecule has 4 nitrogen and oxygen atoms in total. The van der Waals surface area contributed by atoms with E-state index in [2.05, 4.69) is 11.9 Å². The largest absolute Gasteiger partial charge is 0.492 e. The Kier molecular flexibility index (Phi) is 4.20. The van der Waals surface area contributed by atoms with Gasteiger partial charge in [0.1, 0.15) is 12.4 Å². The Morgan fingerprint density at radius 1 is 1.50 bits per heavy atom. The number of carboxylic acid groups (broad SMARTS) is 1. The molecule has 0 spiro atoms. The first kappa shape index (κ1) is 12.9. The van der Waals surface area contributed by atoms with E-state index in [1.165, 1.54) is 12.8 Å². The monoisotopic (exact) mass is 249 g/mol. The summed E-state index contributed by atoms with van der Waals surface area (Å²) in [6.07, 6.45) is 3.64. The number of likely N-dealkylation sites (N-methyl/N-ethyl adjacent to an activating group) is 1. The van der Waals surface area contributed by atoms with Gasteiger partial charge in [0.05, 0.1) is 5.56 Å². The third kappa shape index (κ3) is 3.23. The lowest BCUT2D eigenvalue weighted by atomic mass is 10.0. The van der Waals surface area contributed by atoms with Crippen molar-refractivity contribution in [3.8, 4) is 5.75 Å². The predicted molar refractivity (Wildman–Crippen MR) is 69.2 cm³/mol. The van der Waals surface area contributed by atoms with Crippen molar-refractivity contribution >= 4 is 5.97 Å². The topological polar surface area (TPSA) is 49.8 Å². The summed E-state index contributed by atoms with van der Waals surface area (Å²) in [7, 11) is 2.11. The molecule has 1 saturated heterocycles. The zero-order chi connectivity index (χ0) is 13.0. The smallest absolute Gasteiger partial charge is 0.335 e. The molecule has 18 heavy (non-hydrogen) atoms. The Morgan fingerprint density at radius 2 is 2.33 bits per heavy atom. The van der Waals surface area contributed by atoms with Crippen LogP contribution in [0.3, 0.4) is 0 Å². The number of likely N-dealkylation sites (tertiary alicyclic amines) is 1. The fourth-order valence-electron chi connectivity index (χ4n) is 2.27. The van der Waals surface area contributed by atoms with E-state index in [-0.39, 0.29) is 5.56 Å². The van der Waals surface area contributed by atoms with Gasteiger partial charge in [-0.1, -0.05) is 12.5 Å². The summed E-state index contributed by atoms with van der Waals surface area (Å²) in [5.41, 5.74) is 0.268. The van der Waals surface area contributed by atoms with Crippen LogP contribution < -0.4 is 4.74 Å². The molecule has 1 aromatic rings. The van der Waals surface area contributed by atoms with E-state index in [0.29, 0.717) is 18.4 Å². The summed E-state index contributed by atoms with van der Waals surface area (Å²) in [5, 5.41) is 8.90. The van der Waals surface area contributed by atoms with Crippen LogP contribution in [0.4, 0.5) is 0 Å². The van der Waals surface area contributed by atoms with Crippen LogP contribution in [0.2, 0.25) is 0 Å². The van der Waals surface area contributed by atoms with E-state index < -0.39 is 5.97 Å². The number of hydrogen-bond donors (Lipinski definition) is 1.